The number of hydrogen-bond acceptors (Lipinski definition) is 4. The Morgan fingerprint density at radius 1 is 1.25 bits per heavy atom. The van der Waals surface area contributed by atoms with Gasteiger partial charge in [0.15, 0.2) is 0 Å². The van der Waals surface area contributed by atoms with Crippen molar-refractivity contribution in [2.45, 2.75) is 0 Å². The van der Waals surface area contributed by atoms with E-state index in [0.717, 1.165) is 10.2 Å². The quantitative estimate of drug-likeness (QED) is 0.744. The molecular weight excluding hydrogens is 324 g/mol. The predicted molar refractivity (Wildman–Crippen MR) is 81.8 cm³/mol. The number of rotatable bonds is 4. The van der Waals surface area contributed by atoms with Gasteiger partial charge in [-0.05, 0) is 30.3 Å². The number of ether oxygens (including phenoxy) is 1. The standard InChI is InChI=1S/C14H13BrN2O3/c1-20-11-5-8(15)4-10(6-11)17-9-2-3-12(14(18)19)13(16)7-9/h2-7,17H,16H2,1H3,(H,18,19). The number of nitrogens with one attached hydrogen (secondary N) is 1. The zero-order valence-electron chi connectivity index (χ0n) is 10.7. The van der Waals surface area contributed by atoms with Crippen LogP contribution in [0.3, 0.4) is 0 Å². The molecule has 20 heavy (non-hydrogen) atoms. The van der Waals surface area contributed by atoms with Crippen LogP contribution in [0.15, 0.2) is 40.9 Å². The van der Waals surface area contributed by atoms with Gasteiger partial charge in [0, 0.05) is 27.6 Å². The number of aromatic carboxylic acids is 1. The molecule has 104 valence electrons. The van der Waals surface area contributed by atoms with Crippen LogP contribution in [-0.4, -0.2) is 18.2 Å². The van der Waals surface area contributed by atoms with Crippen LogP contribution >= 0.6 is 15.9 Å². The number of nitrogen functional groups attached to an aromatic ring is 1. The molecule has 0 aliphatic rings. The highest BCUT2D eigenvalue weighted by atomic mass is 79.9. The summed E-state index contributed by atoms with van der Waals surface area (Å²) in [6.45, 7) is 0. The second kappa shape index (κ2) is 5.83. The molecule has 0 aliphatic carbocycles. The summed E-state index contributed by atoms with van der Waals surface area (Å²) in [4.78, 5) is 10.9. The molecule has 0 radical (unpaired) electrons. The summed E-state index contributed by atoms with van der Waals surface area (Å²) < 4.78 is 6.05. The van der Waals surface area contributed by atoms with Gasteiger partial charge in [0.1, 0.15) is 5.75 Å². The number of methoxy groups -OCH3 is 1. The number of halogens is 1. The highest BCUT2D eigenvalue weighted by Gasteiger charge is 2.08. The van der Waals surface area contributed by atoms with E-state index < -0.39 is 5.97 Å². The van der Waals surface area contributed by atoms with Crippen molar-refractivity contribution in [2.24, 2.45) is 0 Å². The molecule has 4 N–H and O–H groups in total. The summed E-state index contributed by atoms with van der Waals surface area (Å²) in [5.41, 5.74) is 7.51. The SMILES string of the molecule is COc1cc(Br)cc(Nc2ccc(C(=O)O)c(N)c2)c1. The number of carboxylic acid groups (broad SMARTS) is 1. The monoisotopic (exact) mass is 336 g/mol. The number of nitrogens with two attached hydrogens (primary N) is 1. The van der Waals surface area contributed by atoms with E-state index in [1.807, 2.05) is 18.2 Å². The van der Waals surface area contributed by atoms with Gasteiger partial charge in [0.2, 0.25) is 0 Å². The lowest BCUT2D eigenvalue weighted by molar-refractivity contribution is 0.0698. The molecule has 0 atom stereocenters. The van der Waals surface area contributed by atoms with Crippen LogP contribution < -0.4 is 15.8 Å². The summed E-state index contributed by atoms with van der Waals surface area (Å²) >= 11 is 3.39. The predicted octanol–water partition coefficient (Wildman–Crippen LogP) is 3.48. The average Bonchev–Trinajstić information content (AvgIpc) is 2.37. The third-order valence-corrected chi connectivity index (χ3v) is 3.14. The highest BCUT2D eigenvalue weighted by molar-refractivity contribution is 9.10. The highest BCUT2D eigenvalue weighted by Crippen LogP contribution is 2.28. The first-order chi connectivity index (χ1) is 9.49. The Morgan fingerprint density at radius 2 is 2.00 bits per heavy atom. The Morgan fingerprint density at radius 3 is 2.60 bits per heavy atom. The fourth-order valence-corrected chi connectivity index (χ4v) is 2.23. The lowest BCUT2D eigenvalue weighted by Gasteiger charge is -2.10. The molecule has 5 nitrogen and oxygen atoms in total. The molecule has 0 unspecified atom stereocenters. The van der Waals surface area contributed by atoms with Crippen molar-refractivity contribution in [1.82, 2.24) is 0 Å². The van der Waals surface area contributed by atoms with E-state index in [1.165, 1.54) is 6.07 Å². The van der Waals surface area contributed by atoms with Crippen molar-refractivity contribution in [2.75, 3.05) is 18.2 Å². The number of hydrogen-bond donors (Lipinski definition) is 3. The van der Waals surface area contributed by atoms with Gasteiger partial charge in [-0.1, -0.05) is 15.9 Å². The van der Waals surface area contributed by atoms with Gasteiger partial charge >= 0.3 is 5.97 Å². The van der Waals surface area contributed by atoms with E-state index in [9.17, 15) is 4.79 Å². The summed E-state index contributed by atoms with van der Waals surface area (Å²) in [5.74, 6) is -0.338. The van der Waals surface area contributed by atoms with E-state index in [-0.39, 0.29) is 11.3 Å². The third-order valence-electron chi connectivity index (χ3n) is 2.68. The Kier molecular flexibility index (Phi) is 4.14. The van der Waals surface area contributed by atoms with Crippen LogP contribution in [0.4, 0.5) is 17.1 Å². The van der Waals surface area contributed by atoms with Crippen molar-refractivity contribution in [3.05, 3.63) is 46.4 Å². The van der Waals surface area contributed by atoms with Crippen LogP contribution in [0.1, 0.15) is 10.4 Å². The van der Waals surface area contributed by atoms with E-state index in [2.05, 4.69) is 21.2 Å². The van der Waals surface area contributed by atoms with Crippen molar-refractivity contribution >= 4 is 39.0 Å². The smallest absolute Gasteiger partial charge is 0.337 e. The lowest BCUT2D eigenvalue weighted by Crippen LogP contribution is -2.03. The summed E-state index contributed by atoms with van der Waals surface area (Å²) in [6.07, 6.45) is 0. The van der Waals surface area contributed by atoms with Crippen LogP contribution in [0, 0.1) is 0 Å². The zero-order valence-corrected chi connectivity index (χ0v) is 12.3. The molecule has 0 fully saturated rings. The van der Waals surface area contributed by atoms with E-state index in [1.54, 1.807) is 19.2 Å². The molecule has 0 heterocycles. The molecule has 0 spiro atoms. The van der Waals surface area contributed by atoms with Crippen molar-refractivity contribution in [3.8, 4) is 5.75 Å². The first-order valence-corrected chi connectivity index (χ1v) is 6.53. The molecule has 2 rings (SSSR count). The van der Waals surface area contributed by atoms with Gasteiger partial charge in [-0.3, -0.25) is 0 Å². The Bertz CT molecular complexity index is 659. The summed E-state index contributed by atoms with van der Waals surface area (Å²) in [6, 6.07) is 10.3. The normalized spacial score (nSPS) is 10.1. The molecule has 0 amide bonds. The molecular formula is C14H13BrN2O3. The third kappa shape index (κ3) is 3.21. The van der Waals surface area contributed by atoms with Gasteiger partial charge in [-0.25, -0.2) is 4.79 Å². The van der Waals surface area contributed by atoms with E-state index >= 15 is 0 Å². The van der Waals surface area contributed by atoms with Crippen molar-refractivity contribution in [1.29, 1.82) is 0 Å². The van der Waals surface area contributed by atoms with Crippen LogP contribution in [-0.2, 0) is 0 Å². The molecule has 6 heteroatoms. The van der Waals surface area contributed by atoms with Gasteiger partial charge in [-0.15, -0.1) is 0 Å². The van der Waals surface area contributed by atoms with E-state index in [0.29, 0.717) is 11.4 Å². The minimum absolute atomic E-state index is 0.0855. The fourth-order valence-electron chi connectivity index (χ4n) is 1.75. The summed E-state index contributed by atoms with van der Waals surface area (Å²) in [7, 11) is 1.59. The molecule has 2 aromatic carbocycles. The maximum absolute atomic E-state index is 10.9. The Hall–Kier alpha value is -2.21. The molecule has 0 saturated heterocycles. The van der Waals surface area contributed by atoms with Gasteiger partial charge in [0.05, 0.1) is 12.7 Å². The maximum Gasteiger partial charge on any atom is 0.337 e. The topological polar surface area (TPSA) is 84.6 Å². The summed E-state index contributed by atoms with van der Waals surface area (Å²) in [5, 5.41) is 12.1. The van der Waals surface area contributed by atoms with Crippen LogP contribution in [0.5, 0.6) is 5.75 Å². The van der Waals surface area contributed by atoms with Gasteiger partial charge in [0.25, 0.3) is 0 Å². The van der Waals surface area contributed by atoms with Crippen molar-refractivity contribution < 1.29 is 14.6 Å². The molecule has 0 aliphatic heterocycles. The number of carboxylic acids is 1. The zero-order chi connectivity index (χ0) is 14.7. The number of anilines is 3. The Labute approximate surface area is 124 Å². The van der Waals surface area contributed by atoms with Crippen LogP contribution in [0.25, 0.3) is 0 Å². The number of benzene rings is 2. The molecule has 0 aromatic heterocycles. The van der Waals surface area contributed by atoms with Gasteiger partial charge < -0.3 is 20.9 Å². The largest absolute Gasteiger partial charge is 0.497 e. The lowest BCUT2D eigenvalue weighted by atomic mass is 10.1. The molecule has 2 aromatic rings. The fraction of sp³-hybridized carbons (Fsp3) is 0.0714. The average molecular weight is 337 g/mol. The number of carbonyl (C=O) groups is 1. The first kappa shape index (κ1) is 14.2. The Balaban J connectivity index is 2.28. The molecule has 0 saturated carbocycles. The van der Waals surface area contributed by atoms with E-state index in [4.69, 9.17) is 15.6 Å². The second-order valence-corrected chi connectivity index (χ2v) is 5.03. The maximum atomic E-state index is 10.9. The first-order valence-electron chi connectivity index (χ1n) is 5.74. The second-order valence-electron chi connectivity index (χ2n) is 4.11. The minimum Gasteiger partial charge on any atom is -0.497 e. The molecule has 0 bridgehead atoms. The van der Waals surface area contributed by atoms with Crippen molar-refractivity contribution in [3.63, 3.8) is 0 Å². The van der Waals surface area contributed by atoms with Crippen LogP contribution in [0.2, 0.25) is 0 Å². The van der Waals surface area contributed by atoms with Gasteiger partial charge in [-0.2, -0.15) is 0 Å². The minimum atomic E-state index is -1.04.